The van der Waals surface area contributed by atoms with Gasteiger partial charge in [-0.15, -0.1) is 11.8 Å². The molecule has 0 aliphatic carbocycles. The number of amides is 1. The average molecular weight is 346 g/mol. The van der Waals surface area contributed by atoms with Crippen LogP contribution in [0.5, 0.6) is 0 Å². The number of benzene rings is 2. The van der Waals surface area contributed by atoms with Crippen molar-refractivity contribution in [2.75, 3.05) is 5.01 Å². The average Bonchev–Trinajstić information content (AvgIpc) is 3.25. The normalized spacial score (nSPS) is 21.0. The van der Waals surface area contributed by atoms with Gasteiger partial charge in [0, 0.05) is 22.8 Å². The van der Waals surface area contributed by atoms with E-state index >= 15 is 0 Å². The molecule has 0 bridgehead atoms. The summed E-state index contributed by atoms with van der Waals surface area (Å²) in [6, 6.07) is 23.0. The molecule has 2 aliphatic heterocycles. The highest BCUT2D eigenvalue weighted by Crippen LogP contribution is 2.48. The number of fused-ring (bicyclic) bond motifs is 5. The summed E-state index contributed by atoms with van der Waals surface area (Å²) in [6.45, 7) is 0. The van der Waals surface area contributed by atoms with Crippen LogP contribution in [0.1, 0.15) is 44.9 Å². The van der Waals surface area contributed by atoms with E-state index < -0.39 is 0 Å². The molecule has 0 N–H and O–H groups in total. The minimum atomic E-state index is 0.115. The van der Waals surface area contributed by atoms with Gasteiger partial charge >= 0.3 is 0 Å². The monoisotopic (exact) mass is 346 g/mol. The highest BCUT2D eigenvalue weighted by Gasteiger charge is 2.43. The molecular weight excluding hydrogens is 328 g/mol. The van der Waals surface area contributed by atoms with Crippen LogP contribution in [0, 0.1) is 0 Å². The smallest absolute Gasteiger partial charge is 0.267 e. The minimum absolute atomic E-state index is 0.115. The van der Waals surface area contributed by atoms with E-state index in [4.69, 9.17) is 0 Å². The molecule has 3 heterocycles. The fraction of sp³-hybridized carbons (Fsp3) is 0.190. The molecule has 0 spiro atoms. The van der Waals surface area contributed by atoms with Crippen molar-refractivity contribution in [1.29, 1.82) is 0 Å². The van der Waals surface area contributed by atoms with Crippen LogP contribution in [0.15, 0.2) is 72.9 Å². The Kier molecular flexibility index (Phi) is 3.45. The highest BCUT2D eigenvalue weighted by atomic mass is 32.2. The van der Waals surface area contributed by atoms with E-state index in [0.717, 1.165) is 23.3 Å². The highest BCUT2D eigenvalue weighted by molar-refractivity contribution is 7.98. The lowest BCUT2D eigenvalue weighted by atomic mass is 9.99. The van der Waals surface area contributed by atoms with E-state index in [1.807, 2.05) is 47.2 Å². The number of hydrogen-bond donors (Lipinski definition) is 0. The Bertz CT molecular complexity index is 934. The van der Waals surface area contributed by atoms with Crippen molar-refractivity contribution in [3.63, 3.8) is 0 Å². The number of carbonyl (C=O) groups is 1. The number of hydrogen-bond acceptors (Lipinski definition) is 2. The van der Waals surface area contributed by atoms with Crippen molar-refractivity contribution in [3.05, 3.63) is 95.3 Å². The Morgan fingerprint density at radius 1 is 0.960 bits per heavy atom. The Balaban J connectivity index is 1.49. The predicted molar refractivity (Wildman–Crippen MR) is 101 cm³/mol. The van der Waals surface area contributed by atoms with Gasteiger partial charge in [-0.2, -0.15) is 0 Å². The molecule has 25 heavy (non-hydrogen) atoms. The van der Waals surface area contributed by atoms with Gasteiger partial charge < -0.3 is 0 Å². The number of aromatic nitrogens is 1. The summed E-state index contributed by atoms with van der Waals surface area (Å²) in [7, 11) is 0. The van der Waals surface area contributed by atoms with Crippen LogP contribution in [0.25, 0.3) is 0 Å². The zero-order valence-corrected chi connectivity index (χ0v) is 14.5. The number of rotatable bonds is 3. The summed E-state index contributed by atoms with van der Waals surface area (Å²) in [5.41, 5.74) is 4.58. The van der Waals surface area contributed by atoms with Crippen LogP contribution >= 0.6 is 11.8 Å². The maximum atomic E-state index is 12.9. The molecule has 4 heteroatoms. The standard InChI is InChI=1S/C21H18N2OS/c24-21-17-10-5-4-9-16(17)19-13-20(18-11-6-12-22(18)23(19)21)25-14-15-7-2-1-3-8-15/h1-12,19-20H,13-14H2/t19-,20+/m1/s1. The van der Waals surface area contributed by atoms with E-state index in [1.165, 1.54) is 11.3 Å². The van der Waals surface area contributed by atoms with Crippen LogP contribution in [-0.2, 0) is 5.75 Å². The van der Waals surface area contributed by atoms with Crippen molar-refractivity contribution < 1.29 is 4.79 Å². The second-order valence-electron chi connectivity index (χ2n) is 6.55. The third-order valence-electron chi connectivity index (χ3n) is 5.11. The van der Waals surface area contributed by atoms with Gasteiger partial charge in [0.15, 0.2) is 0 Å². The summed E-state index contributed by atoms with van der Waals surface area (Å²) in [5, 5.41) is 2.31. The summed E-state index contributed by atoms with van der Waals surface area (Å²) in [4.78, 5) is 12.9. The van der Waals surface area contributed by atoms with Gasteiger partial charge in [0.2, 0.25) is 0 Å². The van der Waals surface area contributed by atoms with Crippen LogP contribution in [-0.4, -0.2) is 10.6 Å². The lowest BCUT2D eigenvalue weighted by Crippen LogP contribution is -2.42. The zero-order chi connectivity index (χ0) is 16.8. The summed E-state index contributed by atoms with van der Waals surface area (Å²) in [5.74, 6) is 1.10. The minimum Gasteiger partial charge on any atom is -0.267 e. The fourth-order valence-corrected chi connectivity index (χ4v) is 5.20. The summed E-state index contributed by atoms with van der Waals surface area (Å²) in [6.07, 6.45) is 2.98. The first-order chi connectivity index (χ1) is 12.3. The maximum absolute atomic E-state index is 12.9. The van der Waals surface area contributed by atoms with Gasteiger partial charge in [-0.25, -0.2) is 5.01 Å². The third kappa shape index (κ3) is 2.32. The maximum Gasteiger partial charge on any atom is 0.273 e. The van der Waals surface area contributed by atoms with E-state index in [-0.39, 0.29) is 11.9 Å². The van der Waals surface area contributed by atoms with E-state index in [9.17, 15) is 4.79 Å². The number of carbonyl (C=O) groups excluding carboxylic acids is 1. The number of thioether (sulfide) groups is 1. The first kappa shape index (κ1) is 14.8. The number of nitrogens with zero attached hydrogens (tertiary/aromatic N) is 2. The molecule has 0 saturated carbocycles. The molecule has 0 unspecified atom stereocenters. The molecule has 2 aliphatic rings. The molecule has 0 saturated heterocycles. The molecule has 2 atom stereocenters. The Labute approximate surface area is 151 Å². The van der Waals surface area contributed by atoms with Gasteiger partial charge in [-0.1, -0.05) is 48.5 Å². The third-order valence-corrected chi connectivity index (χ3v) is 6.44. The van der Waals surface area contributed by atoms with Crippen LogP contribution in [0.4, 0.5) is 0 Å². The summed E-state index contributed by atoms with van der Waals surface area (Å²) >= 11 is 1.96. The molecule has 0 fully saturated rings. The quantitative estimate of drug-likeness (QED) is 0.687. The van der Waals surface area contributed by atoms with Gasteiger partial charge in [0.1, 0.15) is 0 Å². The largest absolute Gasteiger partial charge is 0.273 e. The Morgan fingerprint density at radius 3 is 2.64 bits per heavy atom. The van der Waals surface area contributed by atoms with Crippen molar-refractivity contribution in [1.82, 2.24) is 4.68 Å². The molecule has 124 valence electrons. The van der Waals surface area contributed by atoms with Crippen LogP contribution in [0.3, 0.4) is 0 Å². The van der Waals surface area contributed by atoms with E-state index in [0.29, 0.717) is 5.25 Å². The predicted octanol–water partition coefficient (Wildman–Crippen LogP) is 4.70. The summed E-state index contributed by atoms with van der Waals surface area (Å²) < 4.78 is 2.07. The molecule has 3 aromatic rings. The zero-order valence-electron chi connectivity index (χ0n) is 13.7. The lowest BCUT2D eigenvalue weighted by Gasteiger charge is -2.37. The second kappa shape index (κ2) is 5.81. The SMILES string of the molecule is O=C1c2ccccc2[C@H]2C[C@H](SCc3ccccc3)c3cccn3N12. The van der Waals surface area contributed by atoms with Gasteiger partial charge in [0.25, 0.3) is 5.91 Å². The fourth-order valence-electron chi connectivity index (χ4n) is 3.94. The van der Waals surface area contributed by atoms with Crippen molar-refractivity contribution in [3.8, 4) is 0 Å². The Morgan fingerprint density at radius 2 is 1.76 bits per heavy atom. The molecule has 1 amide bonds. The molecule has 5 rings (SSSR count). The van der Waals surface area contributed by atoms with Crippen molar-refractivity contribution >= 4 is 17.7 Å². The molecular formula is C21H18N2OS. The first-order valence-corrected chi connectivity index (χ1v) is 9.63. The molecule has 0 radical (unpaired) electrons. The van der Waals surface area contributed by atoms with Crippen LogP contribution < -0.4 is 5.01 Å². The van der Waals surface area contributed by atoms with E-state index in [2.05, 4.69) is 47.1 Å². The van der Waals surface area contributed by atoms with Gasteiger partial charge in [-0.05, 0) is 35.7 Å². The van der Waals surface area contributed by atoms with E-state index in [1.54, 1.807) is 0 Å². The van der Waals surface area contributed by atoms with Crippen molar-refractivity contribution in [2.45, 2.75) is 23.5 Å². The van der Waals surface area contributed by atoms with Crippen LogP contribution in [0.2, 0.25) is 0 Å². The topological polar surface area (TPSA) is 25.2 Å². The van der Waals surface area contributed by atoms with Crippen molar-refractivity contribution in [2.24, 2.45) is 0 Å². The molecule has 1 aromatic heterocycles. The molecule has 2 aromatic carbocycles. The second-order valence-corrected chi connectivity index (χ2v) is 7.74. The first-order valence-electron chi connectivity index (χ1n) is 8.58. The Hall–Kier alpha value is -2.46. The van der Waals surface area contributed by atoms with Gasteiger partial charge in [0.05, 0.1) is 11.7 Å². The molecule has 3 nitrogen and oxygen atoms in total. The van der Waals surface area contributed by atoms with Gasteiger partial charge in [-0.3, -0.25) is 9.47 Å². The lowest BCUT2D eigenvalue weighted by molar-refractivity contribution is 0.0954.